The van der Waals surface area contributed by atoms with Crippen LogP contribution in [0.4, 0.5) is 15.8 Å². The highest BCUT2D eigenvalue weighted by Crippen LogP contribution is 2.23. The Hall–Kier alpha value is -2.61. The minimum atomic E-state index is -3.81. The minimum Gasteiger partial charge on any atom is -0.491 e. The van der Waals surface area contributed by atoms with Crippen molar-refractivity contribution in [1.82, 2.24) is 0 Å². The molecule has 27 heavy (non-hydrogen) atoms. The number of hydrogen-bond donors (Lipinski definition) is 1. The van der Waals surface area contributed by atoms with E-state index < -0.39 is 27.8 Å². The van der Waals surface area contributed by atoms with Gasteiger partial charge in [-0.25, -0.2) is 12.8 Å². The molecule has 0 spiro atoms. The fraction of sp³-hybridized carbons (Fsp3) is 0.316. The molecule has 8 heteroatoms. The Balaban J connectivity index is 2.25. The highest BCUT2D eigenvalue weighted by atomic mass is 32.2. The predicted molar refractivity (Wildman–Crippen MR) is 104 cm³/mol. The summed E-state index contributed by atoms with van der Waals surface area (Å²) in [5.74, 6) is -0.556. The molecule has 0 radical (unpaired) electrons. The number of carbonyl (C=O) groups excluding carboxylic acids is 1. The van der Waals surface area contributed by atoms with Crippen LogP contribution in [-0.2, 0) is 14.8 Å². The maximum absolute atomic E-state index is 13.5. The van der Waals surface area contributed by atoms with Gasteiger partial charge in [0, 0.05) is 11.8 Å². The SMILES string of the molecule is CC(C)Oc1cccc(NC(=O)[C@H](C)N(c2cccc(F)c2)S(C)(=O)=O)c1. The van der Waals surface area contributed by atoms with Gasteiger partial charge in [-0.2, -0.15) is 0 Å². The fourth-order valence-electron chi connectivity index (χ4n) is 2.59. The van der Waals surface area contributed by atoms with E-state index in [-0.39, 0.29) is 11.8 Å². The molecule has 0 aliphatic carbocycles. The van der Waals surface area contributed by atoms with Crippen LogP contribution in [0.2, 0.25) is 0 Å². The summed E-state index contributed by atoms with van der Waals surface area (Å²) in [7, 11) is -3.81. The Morgan fingerprint density at radius 1 is 1.11 bits per heavy atom. The van der Waals surface area contributed by atoms with Crippen molar-refractivity contribution in [3.05, 3.63) is 54.3 Å². The summed E-state index contributed by atoms with van der Waals surface area (Å²) in [6.07, 6.45) is 0.947. The summed E-state index contributed by atoms with van der Waals surface area (Å²) in [5.41, 5.74) is 0.551. The van der Waals surface area contributed by atoms with Gasteiger partial charge in [0.15, 0.2) is 0 Å². The lowest BCUT2D eigenvalue weighted by Crippen LogP contribution is -2.45. The highest BCUT2D eigenvalue weighted by Gasteiger charge is 2.29. The molecule has 0 heterocycles. The Labute approximate surface area is 159 Å². The normalized spacial score (nSPS) is 12.5. The van der Waals surface area contributed by atoms with E-state index in [9.17, 15) is 17.6 Å². The molecule has 0 fully saturated rings. The van der Waals surface area contributed by atoms with Crippen molar-refractivity contribution in [2.24, 2.45) is 0 Å². The topological polar surface area (TPSA) is 75.7 Å². The monoisotopic (exact) mass is 394 g/mol. The average Bonchev–Trinajstić information content (AvgIpc) is 2.53. The summed E-state index contributed by atoms with van der Waals surface area (Å²) in [5, 5.41) is 2.67. The van der Waals surface area contributed by atoms with Crippen LogP contribution < -0.4 is 14.4 Å². The molecule has 2 aromatic rings. The molecule has 0 bridgehead atoms. The average molecular weight is 394 g/mol. The number of nitrogens with zero attached hydrogens (tertiary/aromatic N) is 1. The molecular weight excluding hydrogens is 371 g/mol. The number of ether oxygens (including phenoxy) is 1. The number of anilines is 2. The predicted octanol–water partition coefficient (Wildman–Crippen LogP) is 3.41. The van der Waals surface area contributed by atoms with E-state index in [4.69, 9.17) is 4.74 Å². The third-order valence-electron chi connectivity index (χ3n) is 3.62. The van der Waals surface area contributed by atoms with Crippen molar-refractivity contribution in [3.8, 4) is 5.75 Å². The lowest BCUT2D eigenvalue weighted by atomic mass is 10.2. The maximum atomic E-state index is 13.5. The third kappa shape index (κ3) is 5.68. The molecule has 2 aromatic carbocycles. The van der Waals surface area contributed by atoms with Gasteiger partial charge in [0.25, 0.3) is 0 Å². The maximum Gasteiger partial charge on any atom is 0.247 e. The van der Waals surface area contributed by atoms with E-state index >= 15 is 0 Å². The van der Waals surface area contributed by atoms with Crippen molar-refractivity contribution in [2.45, 2.75) is 32.9 Å². The van der Waals surface area contributed by atoms with Gasteiger partial charge in [-0.3, -0.25) is 9.10 Å². The second-order valence-corrected chi connectivity index (χ2v) is 8.26. The first-order chi connectivity index (χ1) is 12.6. The van der Waals surface area contributed by atoms with Crippen molar-refractivity contribution >= 4 is 27.3 Å². The van der Waals surface area contributed by atoms with Gasteiger partial charge in [-0.15, -0.1) is 0 Å². The van der Waals surface area contributed by atoms with Gasteiger partial charge in [-0.05, 0) is 51.1 Å². The first-order valence-corrected chi connectivity index (χ1v) is 10.3. The van der Waals surface area contributed by atoms with E-state index in [1.165, 1.54) is 25.1 Å². The van der Waals surface area contributed by atoms with Crippen LogP contribution in [-0.4, -0.2) is 32.7 Å². The molecule has 1 N–H and O–H groups in total. The largest absolute Gasteiger partial charge is 0.491 e. The van der Waals surface area contributed by atoms with E-state index in [1.54, 1.807) is 24.3 Å². The van der Waals surface area contributed by atoms with Crippen molar-refractivity contribution < 1.29 is 22.3 Å². The summed E-state index contributed by atoms with van der Waals surface area (Å²) in [6, 6.07) is 10.8. The second-order valence-electron chi connectivity index (χ2n) is 6.40. The zero-order valence-electron chi connectivity index (χ0n) is 15.6. The molecule has 1 atom stereocenters. The first kappa shape index (κ1) is 20.7. The molecule has 0 unspecified atom stereocenters. The van der Waals surface area contributed by atoms with Gasteiger partial charge in [0.2, 0.25) is 15.9 Å². The number of rotatable bonds is 7. The Kier molecular flexibility index (Phi) is 6.43. The smallest absolute Gasteiger partial charge is 0.247 e. The Morgan fingerprint density at radius 2 is 1.78 bits per heavy atom. The molecule has 0 aromatic heterocycles. The third-order valence-corrected chi connectivity index (χ3v) is 4.87. The highest BCUT2D eigenvalue weighted by molar-refractivity contribution is 7.92. The number of carbonyl (C=O) groups is 1. The number of sulfonamides is 1. The molecule has 6 nitrogen and oxygen atoms in total. The Morgan fingerprint density at radius 3 is 2.37 bits per heavy atom. The van der Waals surface area contributed by atoms with Crippen LogP contribution >= 0.6 is 0 Å². The number of amides is 1. The van der Waals surface area contributed by atoms with Crippen LogP contribution in [0.25, 0.3) is 0 Å². The van der Waals surface area contributed by atoms with Gasteiger partial charge in [0.1, 0.15) is 17.6 Å². The standard InChI is InChI=1S/C19H23FN2O4S/c1-13(2)26-18-10-6-8-16(12-18)21-19(23)14(3)22(27(4,24)25)17-9-5-7-15(20)11-17/h5-14H,1-4H3,(H,21,23)/t14-/m0/s1. The number of halogens is 1. The molecule has 0 saturated carbocycles. The van der Waals surface area contributed by atoms with Gasteiger partial charge >= 0.3 is 0 Å². The van der Waals surface area contributed by atoms with Gasteiger partial charge in [-0.1, -0.05) is 12.1 Å². The molecular formula is C19H23FN2O4S. The van der Waals surface area contributed by atoms with Crippen molar-refractivity contribution in [1.29, 1.82) is 0 Å². The molecule has 0 aliphatic heterocycles. The summed E-state index contributed by atoms with van der Waals surface area (Å²) in [4.78, 5) is 12.6. The Bertz CT molecular complexity index is 915. The van der Waals surface area contributed by atoms with Gasteiger partial charge < -0.3 is 10.1 Å². The zero-order valence-corrected chi connectivity index (χ0v) is 16.5. The second kappa shape index (κ2) is 8.39. The van der Waals surface area contributed by atoms with Crippen LogP contribution in [0.1, 0.15) is 20.8 Å². The number of nitrogens with one attached hydrogen (secondary N) is 1. The lowest BCUT2D eigenvalue weighted by Gasteiger charge is -2.28. The summed E-state index contributed by atoms with van der Waals surface area (Å²) in [6.45, 7) is 5.21. The number of hydrogen-bond acceptors (Lipinski definition) is 4. The van der Waals surface area contributed by atoms with E-state index in [0.717, 1.165) is 16.6 Å². The lowest BCUT2D eigenvalue weighted by molar-refractivity contribution is -0.116. The van der Waals surface area contributed by atoms with Crippen molar-refractivity contribution in [2.75, 3.05) is 15.9 Å². The van der Waals surface area contributed by atoms with Crippen LogP contribution in [0.5, 0.6) is 5.75 Å². The first-order valence-electron chi connectivity index (χ1n) is 8.40. The van der Waals surface area contributed by atoms with Gasteiger partial charge in [0.05, 0.1) is 18.0 Å². The number of benzene rings is 2. The molecule has 0 saturated heterocycles. The van der Waals surface area contributed by atoms with Crippen molar-refractivity contribution in [3.63, 3.8) is 0 Å². The quantitative estimate of drug-likeness (QED) is 0.781. The van der Waals surface area contributed by atoms with Crippen LogP contribution in [0, 0.1) is 5.82 Å². The molecule has 146 valence electrons. The molecule has 0 aliphatic rings. The minimum absolute atomic E-state index is 0.0245. The molecule has 1 amide bonds. The van der Waals surface area contributed by atoms with Crippen LogP contribution in [0.3, 0.4) is 0 Å². The summed E-state index contributed by atoms with van der Waals surface area (Å²) < 4.78 is 44.5. The summed E-state index contributed by atoms with van der Waals surface area (Å²) >= 11 is 0. The van der Waals surface area contributed by atoms with E-state index in [0.29, 0.717) is 11.4 Å². The van der Waals surface area contributed by atoms with Crippen LogP contribution in [0.15, 0.2) is 48.5 Å². The van der Waals surface area contributed by atoms with E-state index in [1.807, 2.05) is 13.8 Å². The zero-order chi connectivity index (χ0) is 20.2. The fourth-order valence-corrected chi connectivity index (χ4v) is 3.75. The van der Waals surface area contributed by atoms with E-state index in [2.05, 4.69) is 5.32 Å². The molecule has 2 rings (SSSR count).